The average Bonchev–Trinajstić information content (AvgIpc) is 2.98. The summed E-state index contributed by atoms with van der Waals surface area (Å²) in [4.78, 5) is 27.3. The number of carbonyl (C=O) groups is 2. The zero-order valence-electron chi connectivity index (χ0n) is 16.0. The molecule has 26 heavy (non-hydrogen) atoms. The molecule has 0 saturated carbocycles. The number of benzene rings is 1. The predicted molar refractivity (Wildman–Crippen MR) is 108 cm³/mol. The maximum atomic E-state index is 12.3. The van der Waals surface area contributed by atoms with Gasteiger partial charge in [0.15, 0.2) is 0 Å². The summed E-state index contributed by atoms with van der Waals surface area (Å²) in [5, 5.41) is 6.01. The van der Waals surface area contributed by atoms with Gasteiger partial charge in [-0.2, -0.15) is 0 Å². The van der Waals surface area contributed by atoms with Gasteiger partial charge >= 0.3 is 12.0 Å². The largest absolute Gasteiger partial charge is 0.465 e. The first kappa shape index (κ1) is 19.8. The number of urea groups is 1. The number of carbonyl (C=O) groups excluding carboxylic acids is 2. The van der Waals surface area contributed by atoms with Crippen LogP contribution in [-0.4, -0.2) is 33.2 Å². The molecule has 0 radical (unpaired) electrons. The summed E-state index contributed by atoms with van der Waals surface area (Å²) in [7, 11) is 5.23. The molecular formula is C19H25N3O3S. The number of hydrogen-bond donors (Lipinski definition) is 2. The van der Waals surface area contributed by atoms with Crippen LogP contribution in [0.2, 0.25) is 0 Å². The minimum absolute atomic E-state index is 0.133. The number of amides is 2. The lowest BCUT2D eigenvalue weighted by Crippen LogP contribution is -2.20. The quantitative estimate of drug-likeness (QED) is 0.770. The second kappa shape index (κ2) is 7.78. The summed E-state index contributed by atoms with van der Waals surface area (Å²) in [6, 6.07) is 8.85. The van der Waals surface area contributed by atoms with E-state index >= 15 is 0 Å². The Morgan fingerprint density at radius 1 is 1.08 bits per heavy atom. The van der Waals surface area contributed by atoms with Crippen molar-refractivity contribution < 1.29 is 14.3 Å². The minimum atomic E-state index is -0.470. The van der Waals surface area contributed by atoms with Crippen LogP contribution < -0.4 is 15.5 Å². The first-order valence-electron chi connectivity index (χ1n) is 8.20. The third-order valence-electron chi connectivity index (χ3n) is 3.75. The van der Waals surface area contributed by atoms with Crippen molar-refractivity contribution in [2.45, 2.75) is 26.2 Å². The number of nitrogens with zero attached hydrogens (tertiary/aromatic N) is 1. The van der Waals surface area contributed by atoms with Gasteiger partial charge in [-0.25, -0.2) is 9.59 Å². The van der Waals surface area contributed by atoms with Crippen molar-refractivity contribution in [3.8, 4) is 0 Å². The third kappa shape index (κ3) is 4.76. The number of nitrogens with one attached hydrogen (secondary N) is 2. The van der Waals surface area contributed by atoms with Crippen molar-refractivity contribution in [3.05, 3.63) is 40.8 Å². The van der Waals surface area contributed by atoms with Gasteiger partial charge in [-0.05, 0) is 35.7 Å². The summed E-state index contributed by atoms with van der Waals surface area (Å²) in [5.74, 6) is -0.470. The van der Waals surface area contributed by atoms with Crippen molar-refractivity contribution in [1.82, 2.24) is 0 Å². The van der Waals surface area contributed by atoms with Crippen LogP contribution in [0, 0.1) is 0 Å². The number of thiophene rings is 1. The standard InChI is InChI=1S/C19H25N3O3S/c1-19(2,3)15-11-14(17(23)25-6)16(26-15)21-18(24)20-12-7-9-13(10-8-12)22(4)5/h7-11H,1-6H3,(H2,20,21,24). The summed E-state index contributed by atoms with van der Waals surface area (Å²) in [6.45, 7) is 6.15. The highest BCUT2D eigenvalue weighted by Gasteiger charge is 2.24. The molecular weight excluding hydrogens is 350 g/mol. The van der Waals surface area contributed by atoms with Gasteiger partial charge in [0.05, 0.1) is 12.7 Å². The van der Waals surface area contributed by atoms with E-state index in [9.17, 15) is 9.59 Å². The zero-order valence-corrected chi connectivity index (χ0v) is 16.8. The monoisotopic (exact) mass is 375 g/mol. The molecule has 0 aliphatic heterocycles. The lowest BCUT2D eigenvalue weighted by Gasteiger charge is -2.15. The number of hydrogen-bond acceptors (Lipinski definition) is 5. The summed E-state index contributed by atoms with van der Waals surface area (Å²) in [6.07, 6.45) is 0. The van der Waals surface area contributed by atoms with Crippen molar-refractivity contribution >= 4 is 39.7 Å². The molecule has 140 valence electrons. The molecule has 0 fully saturated rings. The summed E-state index contributed by atoms with van der Waals surface area (Å²) < 4.78 is 4.83. The van der Waals surface area contributed by atoms with Crippen LogP contribution >= 0.6 is 11.3 Å². The van der Waals surface area contributed by atoms with Crippen LogP contribution in [0.1, 0.15) is 36.0 Å². The van der Waals surface area contributed by atoms with Crippen LogP contribution in [0.3, 0.4) is 0 Å². The normalized spacial score (nSPS) is 11.0. The fraction of sp³-hybridized carbons (Fsp3) is 0.368. The molecule has 2 rings (SSSR count). The van der Waals surface area contributed by atoms with E-state index in [0.717, 1.165) is 10.6 Å². The Morgan fingerprint density at radius 3 is 2.19 bits per heavy atom. The maximum absolute atomic E-state index is 12.3. The first-order valence-corrected chi connectivity index (χ1v) is 9.01. The molecule has 0 aliphatic carbocycles. The number of esters is 1. The molecule has 7 heteroatoms. The zero-order chi connectivity index (χ0) is 19.5. The van der Waals surface area contributed by atoms with E-state index in [1.165, 1.54) is 18.4 Å². The third-order valence-corrected chi connectivity index (χ3v) is 5.22. The second-order valence-corrected chi connectivity index (χ2v) is 8.17. The van der Waals surface area contributed by atoms with E-state index in [0.29, 0.717) is 16.3 Å². The van der Waals surface area contributed by atoms with E-state index in [4.69, 9.17) is 4.74 Å². The fourth-order valence-electron chi connectivity index (χ4n) is 2.22. The lowest BCUT2D eigenvalue weighted by molar-refractivity contribution is 0.0602. The molecule has 1 heterocycles. The molecule has 2 aromatic rings. The van der Waals surface area contributed by atoms with Crippen LogP contribution in [0.15, 0.2) is 30.3 Å². The van der Waals surface area contributed by atoms with Crippen LogP contribution in [0.4, 0.5) is 21.2 Å². The number of anilines is 3. The van der Waals surface area contributed by atoms with Gasteiger partial charge in [-0.15, -0.1) is 11.3 Å². The van der Waals surface area contributed by atoms with Gasteiger partial charge in [-0.3, -0.25) is 5.32 Å². The van der Waals surface area contributed by atoms with Crippen LogP contribution in [-0.2, 0) is 10.2 Å². The molecule has 0 saturated heterocycles. The van der Waals surface area contributed by atoms with Gasteiger partial charge < -0.3 is 15.0 Å². The summed E-state index contributed by atoms with van der Waals surface area (Å²) >= 11 is 1.38. The minimum Gasteiger partial charge on any atom is -0.465 e. The van der Waals surface area contributed by atoms with E-state index in [1.54, 1.807) is 6.07 Å². The molecule has 1 aromatic heterocycles. The van der Waals surface area contributed by atoms with Gasteiger partial charge in [0.1, 0.15) is 5.00 Å². The molecule has 0 bridgehead atoms. The highest BCUT2D eigenvalue weighted by atomic mass is 32.1. The molecule has 0 atom stereocenters. The van der Waals surface area contributed by atoms with E-state index in [1.807, 2.05) is 43.3 Å². The Bertz CT molecular complexity index is 789. The Morgan fingerprint density at radius 2 is 1.69 bits per heavy atom. The lowest BCUT2D eigenvalue weighted by atomic mass is 9.94. The predicted octanol–water partition coefficient (Wildman–Crippen LogP) is 4.54. The van der Waals surface area contributed by atoms with Gasteiger partial charge in [-0.1, -0.05) is 20.8 Å². The maximum Gasteiger partial charge on any atom is 0.340 e. The van der Waals surface area contributed by atoms with Crippen molar-refractivity contribution in [2.24, 2.45) is 0 Å². The Hall–Kier alpha value is -2.54. The van der Waals surface area contributed by atoms with E-state index in [2.05, 4.69) is 31.4 Å². The number of rotatable bonds is 4. The van der Waals surface area contributed by atoms with Crippen LogP contribution in [0.5, 0.6) is 0 Å². The molecule has 0 spiro atoms. The van der Waals surface area contributed by atoms with Gasteiger partial charge in [0.2, 0.25) is 0 Å². The van der Waals surface area contributed by atoms with Crippen molar-refractivity contribution in [2.75, 3.05) is 36.7 Å². The van der Waals surface area contributed by atoms with Crippen LogP contribution in [0.25, 0.3) is 0 Å². The van der Waals surface area contributed by atoms with Gasteiger partial charge in [0, 0.05) is 30.3 Å². The van der Waals surface area contributed by atoms with Crippen molar-refractivity contribution in [3.63, 3.8) is 0 Å². The molecule has 1 aromatic carbocycles. The SMILES string of the molecule is COC(=O)c1cc(C(C)(C)C)sc1NC(=O)Nc1ccc(N(C)C)cc1. The smallest absolute Gasteiger partial charge is 0.340 e. The Balaban J connectivity index is 2.17. The molecule has 2 amide bonds. The second-order valence-electron chi connectivity index (χ2n) is 7.12. The molecule has 0 unspecified atom stereocenters. The van der Waals surface area contributed by atoms with Crippen molar-refractivity contribution in [1.29, 1.82) is 0 Å². The number of ether oxygens (including phenoxy) is 1. The highest BCUT2D eigenvalue weighted by molar-refractivity contribution is 7.16. The summed E-state index contributed by atoms with van der Waals surface area (Å²) in [5.41, 5.74) is 1.93. The molecule has 2 N–H and O–H groups in total. The molecule has 6 nitrogen and oxygen atoms in total. The Kier molecular flexibility index (Phi) is 5.92. The fourth-order valence-corrected chi connectivity index (χ4v) is 3.32. The van der Waals surface area contributed by atoms with E-state index < -0.39 is 12.0 Å². The first-order chi connectivity index (χ1) is 12.1. The van der Waals surface area contributed by atoms with E-state index in [-0.39, 0.29) is 5.41 Å². The Labute approximate surface area is 158 Å². The van der Waals surface area contributed by atoms with Gasteiger partial charge in [0.25, 0.3) is 0 Å². The topological polar surface area (TPSA) is 70.7 Å². The molecule has 0 aliphatic rings. The highest BCUT2D eigenvalue weighted by Crippen LogP contribution is 2.36. The number of methoxy groups -OCH3 is 1. The average molecular weight is 375 g/mol.